The van der Waals surface area contributed by atoms with E-state index in [1.54, 1.807) is 18.2 Å². The van der Waals surface area contributed by atoms with Crippen molar-refractivity contribution in [2.24, 2.45) is 0 Å². The van der Waals surface area contributed by atoms with E-state index in [1.165, 1.54) is 6.07 Å². The molecule has 0 amide bonds. The van der Waals surface area contributed by atoms with Crippen molar-refractivity contribution in [2.45, 2.75) is 13.5 Å². The van der Waals surface area contributed by atoms with Gasteiger partial charge in [-0.1, -0.05) is 0 Å². The van der Waals surface area contributed by atoms with Crippen molar-refractivity contribution in [3.8, 4) is 6.07 Å². The molecular formula is C14H12N2O3. The summed E-state index contributed by atoms with van der Waals surface area (Å²) in [4.78, 5) is 10.7. The Morgan fingerprint density at radius 1 is 1.42 bits per heavy atom. The molecule has 1 aromatic carbocycles. The highest BCUT2D eigenvalue weighted by atomic mass is 16.4. The zero-order valence-electron chi connectivity index (χ0n) is 10.3. The summed E-state index contributed by atoms with van der Waals surface area (Å²) in [5.74, 6) is -0.618. The van der Waals surface area contributed by atoms with E-state index in [1.807, 2.05) is 13.0 Å². The molecule has 19 heavy (non-hydrogen) atoms. The number of furan rings is 1. The largest absolute Gasteiger partial charge is 0.475 e. The van der Waals surface area contributed by atoms with Crippen molar-refractivity contribution in [1.29, 1.82) is 5.26 Å². The highest BCUT2D eigenvalue weighted by Crippen LogP contribution is 2.16. The summed E-state index contributed by atoms with van der Waals surface area (Å²) in [6.07, 6.45) is 0. The Kier molecular flexibility index (Phi) is 3.53. The first kappa shape index (κ1) is 12.7. The van der Waals surface area contributed by atoms with Gasteiger partial charge in [-0.25, -0.2) is 4.79 Å². The van der Waals surface area contributed by atoms with Gasteiger partial charge in [0.1, 0.15) is 5.76 Å². The van der Waals surface area contributed by atoms with Crippen LogP contribution >= 0.6 is 0 Å². The molecule has 0 aliphatic carbocycles. The number of anilines is 1. The third-order valence-electron chi connectivity index (χ3n) is 2.69. The van der Waals surface area contributed by atoms with Gasteiger partial charge in [-0.15, -0.1) is 0 Å². The number of aromatic carboxylic acids is 1. The van der Waals surface area contributed by atoms with Gasteiger partial charge >= 0.3 is 5.97 Å². The number of nitrogens with zero attached hydrogens (tertiary/aromatic N) is 1. The molecule has 1 heterocycles. The van der Waals surface area contributed by atoms with Crippen LogP contribution in [0.15, 0.2) is 34.7 Å². The van der Waals surface area contributed by atoms with Gasteiger partial charge in [0.25, 0.3) is 0 Å². The van der Waals surface area contributed by atoms with E-state index in [0.29, 0.717) is 17.9 Å². The lowest BCUT2D eigenvalue weighted by atomic mass is 10.1. The first-order valence-electron chi connectivity index (χ1n) is 5.67. The lowest BCUT2D eigenvalue weighted by Gasteiger charge is -2.06. The average Bonchev–Trinajstić information content (AvgIpc) is 2.85. The molecule has 5 nitrogen and oxygen atoms in total. The van der Waals surface area contributed by atoms with E-state index in [9.17, 15) is 4.79 Å². The first-order chi connectivity index (χ1) is 9.10. The average molecular weight is 256 g/mol. The molecule has 0 radical (unpaired) electrons. The molecule has 0 fully saturated rings. The molecule has 5 heteroatoms. The zero-order valence-corrected chi connectivity index (χ0v) is 10.3. The van der Waals surface area contributed by atoms with Crippen molar-refractivity contribution in [2.75, 3.05) is 5.32 Å². The molecule has 1 aromatic heterocycles. The highest BCUT2D eigenvalue weighted by molar-refractivity contribution is 5.84. The van der Waals surface area contributed by atoms with Crippen LogP contribution in [0.1, 0.15) is 27.4 Å². The maximum Gasteiger partial charge on any atom is 0.371 e. The minimum atomic E-state index is -1.08. The standard InChI is InChI=1S/C14H12N2O3/c1-9-6-11(3-2-10(9)7-15)16-8-12-4-5-13(19-12)14(17)18/h2-6,16H,8H2,1H3,(H,17,18). The number of nitrogens with one attached hydrogen (secondary N) is 1. The lowest BCUT2D eigenvalue weighted by molar-refractivity contribution is 0.0660. The summed E-state index contributed by atoms with van der Waals surface area (Å²) >= 11 is 0. The Morgan fingerprint density at radius 3 is 2.79 bits per heavy atom. The van der Waals surface area contributed by atoms with Gasteiger partial charge in [0, 0.05) is 5.69 Å². The van der Waals surface area contributed by atoms with Crippen molar-refractivity contribution >= 4 is 11.7 Å². The van der Waals surface area contributed by atoms with Gasteiger partial charge in [0.15, 0.2) is 0 Å². The van der Waals surface area contributed by atoms with E-state index in [4.69, 9.17) is 14.8 Å². The normalized spacial score (nSPS) is 9.89. The Labute approximate surface area is 110 Å². The number of aryl methyl sites for hydroxylation is 1. The van der Waals surface area contributed by atoms with Crippen molar-refractivity contribution in [3.63, 3.8) is 0 Å². The molecular weight excluding hydrogens is 244 g/mol. The zero-order chi connectivity index (χ0) is 13.8. The number of hydrogen-bond donors (Lipinski definition) is 2. The fraction of sp³-hybridized carbons (Fsp3) is 0.143. The van der Waals surface area contributed by atoms with Crippen LogP contribution in [0.25, 0.3) is 0 Å². The van der Waals surface area contributed by atoms with Crippen LogP contribution in [-0.2, 0) is 6.54 Å². The van der Waals surface area contributed by atoms with Crippen molar-refractivity contribution in [3.05, 3.63) is 53.0 Å². The SMILES string of the molecule is Cc1cc(NCc2ccc(C(=O)O)o2)ccc1C#N. The second kappa shape index (κ2) is 5.27. The van der Waals surface area contributed by atoms with Crippen LogP contribution in [0.5, 0.6) is 0 Å². The Hall–Kier alpha value is -2.74. The molecule has 0 aliphatic heterocycles. The summed E-state index contributed by atoms with van der Waals surface area (Å²) in [6.45, 7) is 2.25. The van der Waals surface area contributed by atoms with E-state index in [2.05, 4.69) is 11.4 Å². The summed E-state index contributed by atoms with van der Waals surface area (Å²) in [5, 5.41) is 20.7. The number of hydrogen-bond acceptors (Lipinski definition) is 4. The Balaban J connectivity index is 2.04. The van der Waals surface area contributed by atoms with Gasteiger partial charge in [0.05, 0.1) is 18.2 Å². The second-order valence-corrected chi connectivity index (χ2v) is 4.07. The van der Waals surface area contributed by atoms with E-state index in [0.717, 1.165) is 11.3 Å². The lowest BCUT2D eigenvalue weighted by Crippen LogP contribution is -1.99. The molecule has 0 saturated carbocycles. The van der Waals surface area contributed by atoms with E-state index in [-0.39, 0.29) is 5.76 Å². The van der Waals surface area contributed by atoms with Crippen LogP contribution in [0.4, 0.5) is 5.69 Å². The first-order valence-corrected chi connectivity index (χ1v) is 5.67. The van der Waals surface area contributed by atoms with Crippen LogP contribution in [0.2, 0.25) is 0 Å². The summed E-state index contributed by atoms with van der Waals surface area (Å²) < 4.78 is 5.13. The molecule has 0 saturated heterocycles. The summed E-state index contributed by atoms with van der Waals surface area (Å²) in [5.41, 5.74) is 2.37. The fourth-order valence-corrected chi connectivity index (χ4v) is 1.68. The van der Waals surface area contributed by atoms with Crippen molar-refractivity contribution in [1.82, 2.24) is 0 Å². The number of carboxylic acids is 1. The molecule has 0 spiro atoms. The molecule has 0 bridgehead atoms. The van der Waals surface area contributed by atoms with Crippen LogP contribution in [-0.4, -0.2) is 11.1 Å². The fourth-order valence-electron chi connectivity index (χ4n) is 1.68. The maximum absolute atomic E-state index is 10.7. The maximum atomic E-state index is 10.7. The summed E-state index contributed by atoms with van der Waals surface area (Å²) in [6, 6.07) is 10.5. The molecule has 0 atom stereocenters. The Morgan fingerprint density at radius 2 is 2.21 bits per heavy atom. The smallest absolute Gasteiger partial charge is 0.371 e. The van der Waals surface area contributed by atoms with Gasteiger partial charge in [-0.05, 0) is 42.8 Å². The third kappa shape index (κ3) is 2.93. The van der Waals surface area contributed by atoms with Crippen LogP contribution in [0, 0.1) is 18.3 Å². The van der Waals surface area contributed by atoms with Gasteiger partial charge in [0.2, 0.25) is 5.76 Å². The van der Waals surface area contributed by atoms with E-state index < -0.39 is 5.97 Å². The minimum Gasteiger partial charge on any atom is -0.475 e. The molecule has 2 aromatic rings. The minimum absolute atomic E-state index is 0.0761. The quantitative estimate of drug-likeness (QED) is 0.878. The monoisotopic (exact) mass is 256 g/mol. The third-order valence-corrected chi connectivity index (χ3v) is 2.69. The molecule has 0 aliphatic rings. The van der Waals surface area contributed by atoms with Crippen LogP contribution in [0.3, 0.4) is 0 Å². The van der Waals surface area contributed by atoms with Crippen LogP contribution < -0.4 is 5.32 Å². The molecule has 2 N–H and O–H groups in total. The molecule has 0 unspecified atom stereocenters. The highest BCUT2D eigenvalue weighted by Gasteiger charge is 2.08. The number of rotatable bonds is 4. The van der Waals surface area contributed by atoms with Crippen molar-refractivity contribution < 1.29 is 14.3 Å². The number of carbonyl (C=O) groups is 1. The summed E-state index contributed by atoms with van der Waals surface area (Å²) in [7, 11) is 0. The van der Waals surface area contributed by atoms with Gasteiger partial charge in [-0.2, -0.15) is 5.26 Å². The number of benzene rings is 1. The topological polar surface area (TPSA) is 86.3 Å². The van der Waals surface area contributed by atoms with Gasteiger partial charge in [-0.3, -0.25) is 0 Å². The van der Waals surface area contributed by atoms with E-state index >= 15 is 0 Å². The van der Waals surface area contributed by atoms with Gasteiger partial charge < -0.3 is 14.8 Å². The predicted octanol–water partition coefficient (Wildman–Crippen LogP) is 2.77. The predicted molar refractivity (Wildman–Crippen MR) is 68.9 cm³/mol. The number of carboxylic acid groups (broad SMARTS) is 1. The number of nitriles is 1. The molecule has 96 valence electrons. The second-order valence-electron chi connectivity index (χ2n) is 4.07. The Bertz CT molecular complexity index is 653. The molecule has 2 rings (SSSR count).